The summed E-state index contributed by atoms with van der Waals surface area (Å²) in [6.07, 6.45) is 6.47. The van der Waals surface area contributed by atoms with E-state index in [0.717, 1.165) is 32.4 Å². The highest BCUT2D eigenvalue weighted by Crippen LogP contribution is 2.19. The van der Waals surface area contributed by atoms with Gasteiger partial charge in [0.25, 0.3) is 0 Å². The van der Waals surface area contributed by atoms with Crippen LogP contribution in [0.1, 0.15) is 40.0 Å². The van der Waals surface area contributed by atoms with Gasteiger partial charge in [0.05, 0.1) is 6.54 Å². The zero-order valence-electron chi connectivity index (χ0n) is 13.1. The van der Waals surface area contributed by atoms with Crippen LogP contribution in [-0.4, -0.2) is 40.1 Å². The number of carbonyl (C=O) groups excluding carboxylic acids is 1. The number of nitrogens with one attached hydrogen (secondary N) is 2. The Morgan fingerprint density at radius 3 is 2.81 bits per heavy atom. The second-order valence-electron chi connectivity index (χ2n) is 6.58. The first kappa shape index (κ1) is 15.8. The molecular weight excluding hydrogens is 268 g/mol. The number of hydrogen-bond donors (Lipinski definition) is 2. The number of alkyl carbamates (subject to hydrolysis) is 1. The van der Waals surface area contributed by atoms with E-state index >= 15 is 0 Å². The fourth-order valence-corrected chi connectivity index (χ4v) is 2.59. The van der Waals surface area contributed by atoms with Crippen LogP contribution in [0.3, 0.4) is 0 Å². The molecule has 0 aliphatic heterocycles. The summed E-state index contributed by atoms with van der Waals surface area (Å²) in [5.74, 6) is 0. The van der Waals surface area contributed by atoms with Crippen molar-refractivity contribution < 1.29 is 9.53 Å². The summed E-state index contributed by atoms with van der Waals surface area (Å²) in [7, 11) is 0. The van der Waals surface area contributed by atoms with Gasteiger partial charge in [-0.3, -0.25) is 4.68 Å². The molecule has 2 N–H and O–H groups in total. The first-order valence-electron chi connectivity index (χ1n) is 7.63. The first-order chi connectivity index (χ1) is 9.92. The maximum atomic E-state index is 11.7. The number of ether oxygens (including phenoxy) is 1. The Hall–Kier alpha value is -1.56. The number of carbonyl (C=O) groups is 1. The lowest BCUT2D eigenvalue weighted by Crippen LogP contribution is -2.39. The molecule has 0 saturated heterocycles. The van der Waals surface area contributed by atoms with Crippen molar-refractivity contribution in [3.8, 4) is 0 Å². The van der Waals surface area contributed by atoms with E-state index in [4.69, 9.17) is 4.74 Å². The average molecular weight is 294 g/mol. The summed E-state index contributed by atoms with van der Waals surface area (Å²) >= 11 is 0. The van der Waals surface area contributed by atoms with Crippen LogP contribution in [0.15, 0.2) is 18.5 Å². The van der Waals surface area contributed by atoms with E-state index in [-0.39, 0.29) is 12.1 Å². The molecule has 0 bridgehead atoms. The van der Waals surface area contributed by atoms with E-state index < -0.39 is 5.60 Å². The summed E-state index contributed by atoms with van der Waals surface area (Å²) < 4.78 is 7.20. The molecule has 118 valence electrons. The van der Waals surface area contributed by atoms with Crippen LogP contribution in [0.5, 0.6) is 0 Å². The average Bonchev–Trinajstić information content (AvgIpc) is 2.98. The summed E-state index contributed by atoms with van der Waals surface area (Å²) in [4.78, 5) is 11.7. The van der Waals surface area contributed by atoms with Gasteiger partial charge in [0.15, 0.2) is 0 Å². The maximum absolute atomic E-state index is 11.7. The van der Waals surface area contributed by atoms with E-state index in [1.807, 2.05) is 37.7 Å². The molecule has 1 aliphatic carbocycles. The number of amides is 1. The van der Waals surface area contributed by atoms with Crippen LogP contribution >= 0.6 is 0 Å². The van der Waals surface area contributed by atoms with Gasteiger partial charge in [0.1, 0.15) is 5.60 Å². The Morgan fingerprint density at radius 2 is 2.14 bits per heavy atom. The fraction of sp³-hybridized carbons (Fsp3) is 0.733. The Balaban J connectivity index is 1.63. The molecule has 0 radical (unpaired) electrons. The minimum Gasteiger partial charge on any atom is -0.444 e. The lowest BCUT2D eigenvalue weighted by atomic mass is 10.2. The molecule has 1 saturated carbocycles. The van der Waals surface area contributed by atoms with Gasteiger partial charge in [-0.2, -0.15) is 5.10 Å². The van der Waals surface area contributed by atoms with Crippen molar-refractivity contribution in [2.75, 3.05) is 6.54 Å². The smallest absolute Gasteiger partial charge is 0.407 e. The lowest BCUT2D eigenvalue weighted by Gasteiger charge is -2.21. The van der Waals surface area contributed by atoms with Gasteiger partial charge < -0.3 is 15.4 Å². The number of hydrogen-bond acceptors (Lipinski definition) is 4. The van der Waals surface area contributed by atoms with Crippen LogP contribution in [0.4, 0.5) is 4.79 Å². The Kier molecular flexibility index (Phi) is 5.22. The van der Waals surface area contributed by atoms with Gasteiger partial charge in [-0.1, -0.05) is 0 Å². The molecule has 2 atom stereocenters. The minimum atomic E-state index is -0.440. The van der Waals surface area contributed by atoms with Gasteiger partial charge >= 0.3 is 6.09 Å². The van der Waals surface area contributed by atoms with Crippen molar-refractivity contribution in [3.05, 3.63) is 18.5 Å². The van der Waals surface area contributed by atoms with Gasteiger partial charge in [0, 0.05) is 31.0 Å². The second-order valence-corrected chi connectivity index (χ2v) is 6.58. The van der Waals surface area contributed by atoms with E-state index in [2.05, 4.69) is 15.7 Å². The monoisotopic (exact) mass is 294 g/mol. The molecule has 2 unspecified atom stereocenters. The summed E-state index contributed by atoms with van der Waals surface area (Å²) in [5.41, 5.74) is -0.440. The van der Waals surface area contributed by atoms with Crippen molar-refractivity contribution in [1.82, 2.24) is 20.4 Å². The predicted octanol–water partition coefficient (Wildman–Crippen LogP) is 1.92. The Bertz CT molecular complexity index is 439. The molecule has 1 aromatic heterocycles. The van der Waals surface area contributed by atoms with Gasteiger partial charge in [0.2, 0.25) is 0 Å². The highest BCUT2D eigenvalue weighted by molar-refractivity contribution is 5.68. The molecule has 1 aliphatic rings. The third-order valence-corrected chi connectivity index (χ3v) is 3.49. The number of nitrogens with zero attached hydrogens (tertiary/aromatic N) is 2. The fourth-order valence-electron chi connectivity index (χ4n) is 2.59. The Labute approximate surface area is 126 Å². The van der Waals surface area contributed by atoms with Crippen LogP contribution < -0.4 is 10.6 Å². The highest BCUT2D eigenvalue weighted by Gasteiger charge is 2.27. The molecule has 6 heteroatoms. The standard InChI is InChI=1S/C15H26N4O2/c1-15(2,3)21-14(20)18-13-6-5-12(11-13)16-8-10-19-9-4-7-17-19/h4,7,9,12-13,16H,5-6,8,10-11H2,1-3H3,(H,18,20). The van der Waals surface area contributed by atoms with Crippen molar-refractivity contribution >= 4 is 6.09 Å². The predicted molar refractivity (Wildman–Crippen MR) is 81.0 cm³/mol. The van der Waals surface area contributed by atoms with E-state index in [1.165, 1.54) is 0 Å². The van der Waals surface area contributed by atoms with Crippen molar-refractivity contribution in [1.29, 1.82) is 0 Å². The van der Waals surface area contributed by atoms with Gasteiger partial charge in [-0.25, -0.2) is 4.79 Å². The van der Waals surface area contributed by atoms with Crippen LogP contribution in [0.25, 0.3) is 0 Å². The van der Waals surface area contributed by atoms with Gasteiger partial charge in [-0.05, 0) is 46.1 Å². The quantitative estimate of drug-likeness (QED) is 0.870. The maximum Gasteiger partial charge on any atom is 0.407 e. The molecule has 2 rings (SSSR count). The largest absolute Gasteiger partial charge is 0.444 e. The SMILES string of the molecule is CC(C)(C)OC(=O)NC1CCC(NCCn2cccn2)C1. The van der Waals surface area contributed by atoms with E-state index in [1.54, 1.807) is 6.20 Å². The number of rotatable bonds is 5. The van der Waals surface area contributed by atoms with Crippen molar-refractivity contribution in [2.24, 2.45) is 0 Å². The van der Waals surface area contributed by atoms with Gasteiger partial charge in [-0.15, -0.1) is 0 Å². The topological polar surface area (TPSA) is 68.2 Å². The minimum absolute atomic E-state index is 0.210. The first-order valence-corrected chi connectivity index (χ1v) is 7.63. The molecule has 1 amide bonds. The van der Waals surface area contributed by atoms with E-state index in [9.17, 15) is 4.79 Å². The van der Waals surface area contributed by atoms with Crippen molar-refractivity contribution in [3.63, 3.8) is 0 Å². The third-order valence-electron chi connectivity index (χ3n) is 3.49. The normalized spacial score (nSPS) is 22.2. The zero-order chi connectivity index (χ0) is 15.3. The van der Waals surface area contributed by atoms with Crippen molar-refractivity contribution in [2.45, 2.75) is 64.3 Å². The lowest BCUT2D eigenvalue weighted by molar-refractivity contribution is 0.0505. The van der Waals surface area contributed by atoms with Crippen LogP contribution in [0, 0.1) is 0 Å². The second kappa shape index (κ2) is 6.93. The molecule has 21 heavy (non-hydrogen) atoms. The molecule has 0 spiro atoms. The van der Waals surface area contributed by atoms with Crippen LogP contribution in [0.2, 0.25) is 0 Å². The molecular formula is C15H26N4O2. The highest BCUT2D eigenvalue weighted by atomic mass is 16.6. The zero-order valence-corrected chi connectivity index (χ0v) is 13.1. The Morgan fingerprint density at radius 1 is 1.38 bits per heavy atom. The third kappa shape index (κ3) is 5.75. The molecule has 0 aromatic carbocycles. The number of aromatic nitrogens is 2. The van der Waals surface area contributed by atoms with Crippen LogP contribution in [-0.2, 0) is 11.3 Å². The summed E-state index contributed by atoms with van der Waals surface area (Å²) in [6.45, 7) is 7.39. The molecule has 1 heterocycles. The molecule has 6 nitrogen and oxygen atoms in total. The summed E-state index contributed by atoms with van der Waals surface area (Å²) in [5, 5.41) is 10.6. The van der Waals surface area contributed by atoms with E-state index in [0.29, 0.717) is 6.04 Å². The molecule has 1 fully saturated rings. The summed E-state index contributed by atoms with van der Waals surface area (Å²) in [6, 6.07) is 2.60. The molecule has 1 aromatic rings.